The Hall–Kier alpha value is -2.02. The highest BCUT2D eigenvalue weighted by molar-refractivity contribution is 7.09. The molecule has 3 aromatic heterocycles. The summed E-state index contributed by atoms with van der Waals surface area (Å²) in [6, 6.07) is 4.02. The highest BCUT2D eigenvalue weighted by Crippen LogP contribution is 2.30. The van der Waals surface area contributed by atoms with Gasteiger partial charge in [0, 0.05) is 30.6 Å². The summed E-state index contributed by atoms with van der Waals surface area (Å²) < 4.78 is 1.62. The molecule has 0 unspecified atom stereocenters. The maximum Gasteiger partial charge on any atom is 0.176 e. The topological polar surface area (TPSA) is 59.2 Å². The lowest BCUT2D eigenvalue weighted by atomic mass is 9.99. The smallest absolute Gasteiger partial charge is 0.176 e. The molecule has 0 aliphatic carbocycles. The van der Waals surface area contributed by atoms with E-state index in [1.807, 2.05) is 25.3 Å². The first kappa shape index (κ1) is 12.7. The van der Waals surface area contributed by atoms with Gasteiger partial charge in [0.1, 0.15) is 5.82 Å². The minimum Gasteiger partial charge on any atom is -0.354 e. The van der Waals surface area contributed by atoms with E-state index in [9.17, 15) is 0 Å². The Morgan fingerprint density at radius 1 is 1.29 bits per heavy atom. The zero-order chi connectivity index (χ0) is 14.2. The van der Waals surface area contributed by atoms with Crippen molar-refractivity contribution in [2.24, 2.45) is 0 Å². The second-order valence-electron chi connectivity index (χ2n) is 5.35. The summed E-state index contributed by atoms with van der Waals surface area (Å²) in [7, 11) is 0. The average Bonchev–Trinajstić information content (AvgIpc) is 3.15. The van der Waals surface area contributed by atoms with Gasteiger partial charge in [0.05, 0.1) is 5.01 Å². The molecule has 0 aromatic carbocycles. The van der Waals surface area contributed by atoms with Crippen LogP contribution in [-0.2, 0) is 0 Å². The molecule has 1 aliphatic heterocycles. The molecule has 21 heavy (non-hydrogen) atoms. The van der Waals surface area contributed by atoms with Crippen molar-refractivity contribution in [3.63, 3.8) is 0 Å². The van der Waals surface area contributed by atoms with Crippen LogP contribution in [0.1, 0.15) is 29.6 Å². The molecule has 0 amide bonds. The maximum absolute atomic E-state index is 4.59. The number of hydrogen-bond acceptors (Lipinski definition) is 6. The number of piperidine rings is 1. The molecule has 108 valence electrons. The first-order valence-electron chi connectivity index (χ1n) is 7.14. The number of nitrogens with zero attached hydrogens (tertiary/aromatic N) is 6. The third-order valence-corrected chi connectivity index (χ3v) is 4.78. The summed E-state index contributed by atoms with van der Waals surface area (Å²) in [6.07, 6.45) is 4.26. The molecule has 0 spiro atoms. The summed E-state index contributed by atoms with van der Waals surface area (Å²) in [4.78, 5) is 11.1. The van der Waals surface area contributed by atoms with Crippen molar-refractivity contribution in [3.05, 3.63) is 34.5 Å². The Labute approximate surface area is 126 Å². The van der Waals surface area contributed by atoms with Crippen LogP contribution in [0.5, 0.6) is 0 Å². The number of anilines is 1. The van der Waals surface area contributed by atoms with Gasteiger partial charge in [-0.1, -0.05) is 0 Å². The standard InChI is InChI=1S/C14H16N6S/c1-10-16-12-4-5-13(18-20(12)17-10)19-7-2-3-11(9-19)14-15-6-8-21-14/h4-6,8,11H,2-3,7,9H2,1H3/t11-/m0/s1. The highest BCUT2D eigenvalue weighted by Gasteiger charge is 2.24. The fourth-order valence-corrected chi connectivity index (χ4v) is 3.64. The monoisotopic (exact) mass is 300 g/mol. The molecule has 4 rings (SSSR count). The summed E-state index contributed by atoms with van der Waals surface area (Å²) in [5.41, 5.74) is 0.796. The fourth-order valence-electron chi connectivity index (χ4n) is 2.87. The fraction of sp³-hybridized carbons (Fsp3) is 0.429. The van der Waals surface area contributed by atoms with Crippen LogP contribution in [-0.4, -0.2) is 37.9 Å². The van der Waals surface area contributed by atoms with E-state index >= 15 is 0 Å². The van der Waals surface area contributed by atoms with Gasteiger partial charge in [0.25, 0.3) is 0 Å². The van der Waals surface area contributed by atoms with Gasteiger partial charge in [-0.2, -0.15) is 0 Å². The summed E-state index contributed by atoms with van der Waals surface area (Å²) in [6.45, 7) is 3.89. The van der Waals surface area contributed by atoms with Crippen molar-refractivity contribution in [1.29, 1.82) is 0 Å². The van der Waals surface area contributed by atoms with Crippen molar-refractivity contribution >= 4 is 22.8 Å². The van der Waals surface area contributed by atoms with Crippen LogP contribution < -0.4 is 4.90 Å². The summed E-state index contributed by atoms with van der Waals surface area (Å²) in [5, 5.41) is 12.2. The molecule has 1 atom stereocenters. The molecule has 7 heteroatoms. The number of fused-ring (bicyclic) bond motifs is 1. The Balaban J connectivity index is 1.61. The Morgan fingerprint density at radius 2 is 2.24 bits per heavy atom. The third-order valence-electron chi connectivity index (χ3n) is 3.85. The van der Waals surface area contributed by atoms with Crippen molar-refractivity contribution in [3.8, 4) is 0 Å². The minimum absolute atomic E-state index is 0.508. The zero-order valence-electron chi connectivity index (χ0n) is 11.8. The molecule has 1 saturated heterocycles. The van der Waals surface area contributed by atoms with Gasteiger partial charge in [-0.15, -0.1) is 26.2 Å². The molecule has 0 saturated carbocycles. The van der Waals surface area contributed by atoms with Crippen LogP contribution in [0, 0.1) is 6.92 Å². The molecule has 0 bridgehead atoms. The van der Waals surface area contributed by atoms with Gasteiger partial charge < -0.3 is 4.90 Å². The molecule has 4 heterocycles. The van der Waals surface area contributed by atoms with E-state index in [1.54, 1.807) is 16.0 Å². The van der Waals surface area contributed by atoms with Crippen molar-refractivity contribution < 1.29 is 0 Å². The average molecular weight is 300 g/mol. The van der Waals surface area contributed by atoms with Crippen LogP contribution >= 0.6 is 11.3 Å². The van der Waals surface area contributed by atoms with Gasteiger partial charge in [0.15, 0.2) is 11.5 Å². The lowest BCUT2D eigenvalue weighted by Crippen LogP contribution is -2.35. The van der Waals surface area contributed by atoms with Crippen molar-refractivity contribution in [2.75, 3.05) is 18.0 Å². The number of aryl methyl sites for hydroxylation is 1. The molecule has 1 fully saturated rings. The SMILES string of the molecule is Cc1nc2ccc(N3CCC[C@H](c4nccs4)C3)nn2n1. The number of thiazole rings is 1. The quantitative estimate of drug-likeness (QED) is 0.726. The minimum atomic E-state index is 0.508. The lowest BCUT2D eigenvalue weighted by molar-refractivity contribution is 0.502. The first-order valence-corrected chi connectivity index (χ1v) is 8.02. The van der Waals surface area contributed by atoms with E-state index < -0.39 is 0 Å². The van der Waals surface area contributed by atoms with Gasteiger partial charge in [-0.3, -0.25) is 0 Å². The Morgan fingerprint density at radius 3 is 3.10 bits per heavy atom. The van der Waals surface area contributed by atoms with Crippen LogP contribution in [0.2, 0.25) is 0 Å². The second kappa shape index (κ2) is 5.07. The molecule has 0 N–H and O–H groups in total. The molecule has 1 aliphatic rings. The third kappa shape index (κ3) is 2.37. The molecule has 0 radical (unpaired) electrons. The van der Waals surface area contributed by atoms with Crippen molar-refractivity contribution in [2.45, 2.75) is 25.7 Å². The van der Waals surface area contributed by atoms with Crippen molar-refractivity contribution in [1.82, 2.24) is 24.8 Å². The van der Waals surface area contributed by atoms with Crippen LogP contribution in [0.4, 0.5) is 5.82 Å². The predicted octanol–water partition coefficient (Wildman–Crippen LogP) is 2.27. The lowest BCUT2D eigenvalue weighted by Gasteiger charge is -2.32. The summed E-state index contributed by atoms with van der Waals surface area (Å²) in [5.74, 6) is 2.22. The number of hydrogen-bond donors (Lipinski definition) is 0. The van der Waals surface area contributed by atoms with Crippen LogP contribution in [0.15, 0.2) is 23.7 Å². The normalized spacial score (nSPS) is 19.3. The number of rotatable bonds is 2. The van der Waals surface area contributed by atoms with Gasteiger partial charge in [0.2, 0.25) is 0 Å². The molecule has 3 aromatic rings. The number of aromatic nitrogens is 5. The van der Waals surface area contributed by atoms with E-state index in [-0.39, 0.29) is 0 Å². The van der Waals surface area contributed by atoms with Gasteiger partial charge >= 0.3 is 0 Å². The molecular formula is C14H16N6S. The second-order valence-corrected chi connectivity index (χ2v) is 6.28. The van der Waals surface area contributed by atoms with E-state index in [0.717, 1.165) is 30.4 Å². The van der Waals surface area contributed by atoms with Gasteiger partial charge in [-0.25, -0.2) is 9.97 Å². The summed E-state index contributed by atoms with van der Waals surface area (Å²) >= 11 is 1.75. The largest absolute Gasteiger partial charge is 0.354 e. The van der Waals surface area contributed by atoms with E-state index in [2.05, 4.69) is 30.4 Å². The maximum atomic E-state index is 4.59. The Kier molecular flexibility index (Phi) is 3.07. The molecular weight excluding hydrogens is 284 g/mol. The molecule has 6 nitrogen and oxygen atoms in total. The first-order chi connectivity index (χ1) is 10.3. The van der Waals surface area contributed by atoms with E-state index in [4.69, 9.17) is 0 Å². The van der Waals surface area contributed by atoms with Crippen LogP contribution in [0.3, 0.4) is 0 Å². The highest BCUT2D eigenvalue weighted by atomic mass is 32.1. The van der Waals surface area contributed by atoms with E-state index in [0.29, 0.717) is 5.92 Å². The van der Waals surface area contributed by atoms with Crippen LogP contribution in [0.25, 0.3) is 5.65 Å². The Bertz CT molecular complexity index is 750. The van der Waals surface area contributed by atoms with Gasteiger partial charge in [-0.05, 0) is 31.9 Å². The van der Waals surface area contributed by atoms with E-state index in [1.165, 1.54) is 17.8 Å². The predicted molar refractivity (Wildman–Crippen MR) is 81.8 cm³/mol. The zero-order valence-corrected chi connectivity index (χ0v) is 12.6.